The molecule has 1 aliphatic carbocycles. The van der Waals surface area contributed by atoms with Gasteiger partial charge in [0.2, 0.25) is 0 Å². The Morgan fingerprint density at radius 1 is 0.774 bits per heavy atom. The standard InChI is InChI=1S/C27H31NO2.ClH/c1-5-18-9-11-20-22(15-18)25(30-14-13-28(7-3)8-4)17-24-26(20)21-12-10-19(6-2)16-23(21)27(24)29;/h9-12,15-17H,5-8,13-14H2,1-4H3;1H. The lowest BCUT2D eigenvalue weighted by molar-refractivity contribution is 0.104. The number of hydrogen-bond acceptors (Lipinski definition) is 3. The molecule has 0 aliphatic heterocycles. The molecule has 0 radical (unpaired) electrons. The van der Waals surface area contributed by atoms with Gasteiger partial charge in [0.05, 0.1) is 0 Å². The third-order valence-electron chi connectivity index (χ3n) is 6.38. The maximum Gasteiger partial charge on any atom is 0.194 e. The number of ether oxygens (including phenoxy) is 1. The van der Waals surface area contributed by atoms with Gasteiger partial charge >= 0.3 is 0 Å². The third kappa shape index (κ3) is 4.22. The van der Waals surface area contributed by atoms with Crippen LogP contribution in [0, 0.1) is 0 Å². The van der Waals surface area contributed by atoms with Gasteiger partial charge < -0.3 is 9.64 Å². The Kier molecular flexibility index (Phi) is 7.40. The second kappa shape index (κ2) is 9.84. The van der Waals surface area contributed by atoms with Crippen LogP contribution in [0.3, 0.4) is 0 Å². The molecule has 3 aromatic carbocycles. The fraction of sp³-hybridized carbons (Fsp3) is 0.370. The van der Waals surface area contributed by atoms with Crippen LogP contribution in [-0.2, 0) is 12.8 Å². The molecule has 4 rings (SSSR count). The van der Waals surface area contributed by atoms with E-state index in [1.54, 1.807) is 0 Å². The summed E-state index contributed by atoms with van der Waals surface area (Å²) in [6, 6.07) is 14.9. The second-order valence-electron chi connectivity index (χ2n) is 7.97. The molecule has 0 spiro atoms. The zero-order valence-corrected chi connectivity index (χ0v) is 19.8. The summed E-state index contributed by atoms with van der Waals surface area (Å²) in [5.41, 5.74) is 6.19. The number of carbonyl (C=O) groups excluding carboxylic acids is 1. The molecule has 0 N–H and O–H groups in total. The van der Waals surface area contributed by atoms with Crippen molar-refractivity contribution in [2.75, 3.05) is 26.2 Å². The molecule has 3 aromatic rings. The van der Waals surface area contributed by atoms with Crippen LogP contribution >= 0.6 is 12.4 Å². The van der Waals surface area contributed by atoms with Gasteiger partial charge in [0.15, 0.2) is 5.78 Å². The number of aryl methyl sites for hydroxylation is 2. The number of ketones is 1. The van der Waals surface area contributed by atoms with Crippen molar-refractivity contribution < 1.29 is 9.53 Å². The van der Waals surface area contributed by atoms with E-state index < -0.39 is 0 Å². The zero-order chi connectivity index (χ0) is 21.3. The van der Waals surface area contributed by atoms with Crippen LogP contribution < -0.4 is 4.74 Å². The minimum Gasteiger partial charge on any atom is -0.492 e. The smallest absolute Gasteiger partial charge is 0.194 e. The van der Waals surface area contributed by atoms with Crippen molar-refractivity contribution in [2.45, 2.75) is 40.5 Å². The van der Waals surface area contributed by atoms with E-state index >= 15 is 0 Å². The minimum atomic E-state index is 0. The molecule has 1 aliphatic rings. The third-order valence-corrected chi connectivity index (χ3v) is 6.38. The van der Waals surface area contributed by atoms with Gasteiger partial charge in [-0.15, -0.1) is 12.4 Å². The van der Waals surface area contributed by atoms with Gasteiger partial charge in [-0.1, -0.05) is 52.0 Å². The first-order valence-corrected chi connectivity index (χ1v) is 11.2. The van der Waals surface area contributed by atoms with Crippen molar-refractivity contribution >= 4 is 29.0 Å². The van der Waals surface area contributed by atoms with Gasteiger partial charge in [0.1, 0.15) is 12.4 Å². The number of hydrogen-bond donors (Lipinski definition) is 0. The van der Waals surface area contributed by atoms with E-state index in [4.69, 9.17) is 4.74 Å². The van der Waals surface area contributed by atoms with Gasteiger partial charge in [-0.3, -0.25) is 4.79 Å². The van der Waals surface area contributed by atoms with E-state index in [2.05, 4.69) is 69.0 Å². The molecule has 0 saturated carbocycles. The van der Waals surface area contributed by atoms with E-state index in [0.29, 0.717) is 6.61 Å². The van der Waals surface area contributed by atoms with Crippen LogP contribution in [0.25, 0.3) is 21.9 Å². The van der Waals surface area contributed by atoms with Crippen molar-refractivity contribution in [1.29, 1.82) is 0 Å². The molecule has 0 aromatic heterocycles. The summed E-state index contributed by atoms with van der Waals surface area (Å²) >= 11 is 0. The summed E-state index contributed by atoms with van der Waals surface area (Å²) < 4.78 is 6.28. The fourth-order valence-corrected chi connectivity index (χ4v) is 4.43. The SMILES string of the molecule is CCc1ccc2c(c1)C(=O)c1cc(OCCN(CC)CC)c3cc(CC)ccc3c1-2.Cl. The molecule has 0 amide bonds. The number of likely N-dealkylation sites (N-methyl/N-ethyl adjacent to an activating group) is 1. The minimum absolute atomic E-state index is 0. The van der Waals surface area contributed by atoms with Crippen molar-refractivity contribution in [3.63, 3.8) is 0 Å². The normalized spacial score (nSPS) is 12.1. The van der Waals surface area contributed by atoms with Crippen LogP contribution in [0.2, 0.25) is 0 Å². The topological polar surface area (TPSA) is 29.5 Å². The fourth-order valence-electron chi connectivity index (χ4n) is 4.43. The van der Waals surface area contributed by atoms with Crippen LogP contribution in [0.1, 0.15) is 54.7 Å². The Bertz CT molecular complexity index is 1100. The molecular weight excluding hydrogens is 406 g/mol. The Labute approximate surface area is 191 Å². The molecule has 0 atom stereocenters. The highest BCUT2D eigenvalue weighted by Crippen LogP contribution is 2.45. The number of halogens is 1. The first kappa shape index (κ1) is 23.3. The molecule has 0 fully saturated rings. The molecule has 164 valence electrons. The predicted molar refractivity (Wildman–Crippen MR) is 132 cm³/mol. The molecule has 3 nitrogen and oxygen atoms in total. The van der Waals surface area contributed by atoms with Crippen LogP contribution in [0.4, 0.5) is 0 Å². The number of rotatable bonds is 8. The molecule has 0 saturated heterocycles. The summed E-state index contributed by atoms with van der Waals surface area (Å²) in [6.07, 6.45) is 1.90. The number of fused-ring (bicyclic) bond motifs is 5. The monoisotopic (exact) mass is 437 g/mol. The summed E-state index contributed by atoms with van der Waals surface area (Å²) in [5, 5.41) is 2.21. The summed E-state index contributed by atoms with van der Waals surface area (Å²) in [7, 11) is 0. The lowest BCUT2D eigenvalue weighted by atomic mass is 9.95. The highest BCUT2D eigenvalue weighted by Gasteiger charge is 2.30. The van der Waals surface area contributed by atoms with E-state index in [1.807, 2.05) is 6.07 Å². The van der Waals surface area contributed by atoms with E-state index in [-0.39, 0.29) is 18.2 Å². The van der Waals surface area contributed by atoms with Gasteiger partial charge in [-0.05, 0) is 66.2 Å². The second-order valence-corrected chi connectivity index (χ2v) is 7.97. The molecule has 4 heteroatoms. The zero-order valence-electron chi connectivity index (χ0n) is 19.0. The number of carbonyl (C=O) groups is 1. The Morgan fingerprint density at radius 2 is 1.45 bits per heavy atom. The quantitative estimate of drug-likeness (QED) is 0.323. The average molecular weight is 438 g/mol. The van der Waals surface area contributed by atoms with Gasteiger partial charge in [-0.2, -0.15) is 0 Å². The predicted octanol–water partition coefficient (Wildman–Crippen LogP) is 6.32. The number of nitrogens with zero attached hydrogens (tertiary/aromatic N) is 1. The van der Waals surface area contributed by atoms with Crippen molar-refractivity contribution in [2.24, 2.45) is 0 Å². The maximum atomic E-state index is 13.3. The molecule has 0 heterocycles. The highest BCUT2D eigenvalue weighted by atomic mass is 35.5. The molecule has 0 unspecified atom stereocenters. The van der Waals surface area contributed by atoms with Crippen LogP contribution in [0.15, 0.2) is 42.5 Å². The van der Waals surface area contributed by atoms with Gasteiger partial charge in [0.25, 0.3) is 0 Å². The van der Waals surface area contributed by atoms with E-state index in [1.165, 1.54) is 11.1 Å². The molecule has 0 bridgehead atoms. The maximum absolute atomic E-state index is 13.3. The van der Waals surface area contributed by atoms with Gasteiger partial charge in [0, 0.05) is 28.6 Å². The van der Waals surface area contributed by atoms with Crippen molar-refractivity contribution in [1.82, 2.24) is 4.90 Å². The van der Waals surface area contributed by atoms with Gasteiger partial charge in [-0.25, -0.2) is 0 Å². The Morgan fingerprint density at radius 3 is 2.13 bits per heavy atom. The lowest BCUT2D eigenvalue weighted by Crippen LogP contribution is -2.27. The molecular formula is C27H32ClNO2. The Balaban J connectivity index is 0.00000272. The largest absolute Gasteiger partial charge is 0.492 e. The average Bonchev–Trinajstić information content (AvgIpc) is 3.07. The van der Waals surface area contributed by atoms with E-state index in [0.717, 1.165) is 71.3 Å². The van der Waals surface area contributed by atoms with Crippen LogP contribution in [-0.4, -0.2) is 36.9 Å². The highest BCUT2D eigenvalue weighted by molar-refractivity contribution is 6.26. The summed E-state index contributed by atoms with van der Waals surface area (Å²) in [5.74, 6) is 0.938. The van der Waals surface area contributed by atoms with E-state index in [9.17, 15) is 4.79 Å². The lowest BCUT2D eigenvalue weighted by Gasteiger charge is -2.19. The first-order chi connectivity index (χ1) is 14.6. The Hall–Kier alpha value is -2.36. The summed E-state index contributed by atoms with van der Waals surface area (Å²) in [4.78, 5) is 15.6. The molecule has 31 heavy (non-hydrogen) atoms. The van der Waals surface area contributed by atoms with Crippen LogP contribution in [0.5, 0.6) is 5.75 Å². The van der Waals surface area contributed by atoms with Crippen molar-refractivity contribution in [3.05, 3.63) is 64.7 Å². The summed E-state index contributed by atoms with van der Waals surface area (Å²) in [6.45, 7) is 12.2. The number of benzene rings is 3. The van der Waals surface area contributed by atoms with Crippen molar-refractivity contribution in [3.8, 4) is 16.9 Å². The first-order valence-electron chi connectivity index (χ1n) is 11.2.